The van der Waals surface area contributed by atoms with Gasteiger partial charge in [-0.2, -0.15) is 0 Å². The Bertz CT molecular complexity index is 468. The first-order chi connectivity index (χ1) is 9.63. The summed E-state index contributed by atoms with van der Waals surface area (Å²) in [5, 5.41) is 15.7. The van der Waals surface area contributed by atoms with Gasteiger partial charge in [-0.05, 0) is 49.7 Å². The van der Waals surface area contributed by atoms with E-state index in [1.54, 1.807) is 0 Å². The molecule has 0 aliphatic carbocycles. The molecule has 0 spiro atoms. The average molecular weight is 294 g/mol. The summed E-state index contributed by atoms with van der Waals surface area (Å²) in [5.74, 6) is 0.342. The predicted molar refractivity (Wildman–Crippen MR) is 79.6 cm³/mol. The summed E-state index contributed by atoms with van der Waals surface area (Å²) in [6.07, 6.45) is 2.73. The van der Waals surface area contributed by atoms with Crippen molar-refractivity contribution in [2.24, 2.45) is 5.92 Å². The van der Waals surface area contributed by atoms with Crippen LogP contribution >= 0.6 is 11.3 Å². The van der Waals surface area contributed by atoms with Crippen molar-refractivity contribution >= 4 is 17.2 Å². The molecule has 4 rings (SSSR count). The molecule has 3 aliphatic heterocycles. The van der Waals surface area contributed by atoms with Crippen LogP contribution in [0.3, 0.4) is 0 Å². The van der Waals surface area contributed by atoms with E-state index in [9.17, 15) is 9.90 Å². The molecule has 1 aromatic rings. The van der Waals surface area contributed by atoms with Crippen LogP contribution in [0.25, 0.3) is 0 Å². The molecule has 20 heavy (non-hydrogen) atoms. The highest BCUT2D eigenvalue weighted by Gasteiger charge is 2.41. The van der Waals surface area contributed by atoms with Gasteiger partial charge in [0, 0.05) is 17.5 Å². The minimum absolute atomic E-state index is 0.197. The molecule has 0 saturated carbocycles. The van der Waals surface area contributed by atoms with Crippen LogP contribution in [0.1, 0.15) is 31.1 Å². The molecular formula is C15H22N2O2S. The molecule has 0 aromatic carbocycles. The van der Waals surface area contributed by atoms with Crippen LogP contribution in [0.4, 0.5) is 0 Å². The van der Waals surface area contributed by atoms with Crippen molar-refractivity contribution in [2.45, 2.75) is 37.8 Å². The van der Waals surface area contributed by atoms with Crippen molar-refractivity contribution in [3.8, 4) is 0 Å². The van der Waals surface area contributed by atoms with Crippen molar-refractivity contribution in [2.75, 3.05) is 19.6 Å². The van der Waals surface area contributed by atoms with E-state index in [0.717, 1.165) is 37.4 Å². The quantitative estimate of drug-likeness (QED) is 0.886. The highest BCUT2D eigenvalue weighted by molar-refractivity contribution is 7.10. The third-order valence-corrected chi connectivity index (χ3v) is 5.81. The first-order valence-electron chi connectivity index (χ1n) is 7.43. The van der Waals surface area contributed by atoms with Crippen LogP contribution in [0.5, 0.6) is 0 Å². The van der Waals surface area contributed by atoms with Crippen LogP contribution in [-0.2, 0) is 10.4 Å². The van der Waals surface area contributed by atoms with Gasteiger partial charge < -0.3 is 15.3 Å². The van der Waals surface area contributed by atoms with Crippen LogP contribution in [0, 0.1) is 5.92 Å². The van der Waals surface area contributed by atoms with E-state index in [4.69, 9.17) is 0 Å². The molecule has 2 N–H and O–H groups in total. The second-order valence-corrected chi connectivity index (χ2v) is 6.86. The number of rotatable bonds is 4. The van der Waals surface area contributed by atoms with Gasteiger partial charge in [0.1, 0.15) is 0 Å². The Labute approximate surface area is 123 Å². The van der Waals surface area contributed by atoms with E-state index in [-0.39, 0.29) is 11.9 Å². The lowest BCUT2D eigenvalue weighted by Crippen LogP contribution is -2.59. The van der Waals surface area contributed by atoms with Crippen molar-refractivity contribution in [3.05, 3.63) is 22.4 Å². The number of hydrogen-bond donors (Lipinski definition) is 2. The monoisotopic (exact) mass is 294 g/mol. The van der Waals surface area contributed by atoms with Gasteiger partial charge in [0.15, 0.2) is 5.60 Å². The maximum absolute atomic E-state index is 12.6. The maximum atomic E-state index is 12.6. The van der Waals surface area contributed by atoms with Crippen LogP contribution in [0.15, 0.2) is 17.5 Å². The third kappa shape index (κ3) is 2.38. The van der Waals surface area contributed by atoms with Crippen molar-refractivity contribution in [1.82, 2.24) is 10.2 Å². The van der Waals surface area contributed by atoms with Gasteiger partial charge in [-0.15, -0.1) is 11.3 Å². The molecule has 110 valence electrons. The number of amides is 1. The standard InChI is InChI=1S/C15H22N2O2S/c1-2-15(19,13-4-3-9-20-13)14(18)16-12-10-17-7-5-11(12)6-8-17/h3-4,9,11-12,19H,2,5-8,10H2,1H3,(H,16,18)/t12-,15?/m0/s1. The highest BCUT2D eigenvalue weighted by atomic mass is 32.1. The van der Waals surface area contributed by atoms with E-state index < -0.39 is 5.60 Å². The molecule has 3 saturated heterocycles. The number of aliphatic hydroxyl groups is 1. The molecule has 4 nitrogen and oxygen atoms in total. The first-order valence-corrected chi connectivity index (χ1v) is 8.31. The molecular weight excluding hydrogens is 272 g/mol. The molecule has 2 bridgehead atoms. The summed E-state index contributed by atoms with van der Waals surface area (Å²) in [7, 11) is 0. The summed E-state index contributed by atoms with van der Waals surface area (Å²) in [4.78, 5) is 15.7. The second-order valence-electron chi connectivity index (χ2n) is 5.91. The number of nitrogens with one attached hydrogen (secondary N) is 1. The summed E-state index contributed by atoms with van der Waals surface area (Å²) in [6, 6.07) is 3.91. The fourth-order valence-corrected chi connectivity index (χ4v) is 4.27. The molecule has 3 aliphatic rings. The number of fused-ring (bicyclic) bond motifs is 3. The molecule has 1 aromatic heterocycles. The third-order valence-electron chi connectivity index (χ3n) is 4.79. The van der Waals surface area contributed by atoms with Gasteiger partial charge in [0.25, 0.3) is 5.91 Å². The first kappa shape index (κ1) is 14.0. The van der Waals surface area contributed by atoms with Gasteiger partial charge >= 0.3 is 0 Å². The average Bonchev–Trinajstić information content (AvgIpc) is 3.02. The maximum Gasteiger partial charge on any atom is 0.257 e. The van der Waals surface area contributed by atoms with E-state index >= 15 is 0 Å². The zero-order chi connectivity index (χ0) is 14.2. The summed E-state index contributed by atoms with van der Waals surface area (Å²) in [5.41, 5.74) is -1.37. The summed E-state index contributed by atoms with van der Waals surface area (Å²) in [6.45, 7) is 5.09. The van der Waals surface area contributed by atoms with Gasteiger partial charge in [0.2, 0.25) is 0 Å². The smallest absolute Gasteiger partial charge is 0.257 e. The normalized spacial score (nSPS) is 31.8. The Hall–Kier alpha value is -0.910. The molecule has 2 atom stereocenters. The van der Waals surface area contributed by atoms with Crippen LogP contribution in [-0.4, -0.2) is 41.6 Å². The van der Waals surface area contributed by atoms with E-state index in [0.29, 0.717) is 12.3 Å². The largest absolute Gasteiger partial charge is 0.375 e. The molecule has 1 unspecified atom stereocenters. The highest BCUT2D eigenvalue weighted by Crippen LogP contribution is 2.32. The molecule has 3 fully saturated rings. The van der Waals surface area contributed by atoms with Gasteiger partial charge in [-0.1, -0.05) is 13.0 Å². The second kappa shape index (κ2) is 5.47. The lowest BCUT2D eigenvalue weighted by Gasteiger charge is -2.45. The number of piperidine rings is 3. The van der Waals surface area contributed by atoms with Crippen LogP contribution in [0.2, 0.25) is 0 Å². The van der Waals surface area contributed by atoms with Crippen molar-refractivity contribution in [1.29, 1.82) is 0 Å². The van der Waals surface area contributed by atoms with E-state index in [2.05, 4.69) is 10.2 Å². The number of carbonyl (C=O) groups is 1. The molecule has 4 heterocycles. The predicted octanol–water partition coefficient (Wildman–Crippen LogP) is 1.56. The Balaban J connectivity index is 1.72. The van der Waals surface area contributed by atoms with Gasteiger partial charge in [-0.25, -0.2) is 0 Å². The zero-order valence-electron chi connectivity index (χ0n) is 11.8. The SMILES string of the molecule is CCC(O)(C(=O)N[C@H]1CN2CCC1CC2)c1cccs1. The minimum atomic E-state index is -1.37. The lowest BCUT2D eigenvalue weighted by atomic mass is 9.83. The zero-order valence-corrected chi connectivity index (χ0v) is 12.7. The van der Waals surface area contributed by atoms with Crippen molar-refractivity contribution in [3.63, 3.8) is 0 Å². The van der Waals surface area contributed by atoms with Crippen LogP contribution < -0.4 is 5.32 Å². The van der Waals surface area contributed by atoms with E-state index in [1.807, 2.05) is 24.4 Å². The molecule has 1 amide bonds. The fraction of sp³-hybridized carbons (Fsp3) is 0.667. The number of thiophene rings is 1. The molecule has 0 radical (unpaired) electrons. The molecule has 5 heteroatoms. The Kier molecular flexibility index (Phi) is 3.84. The number of nitrogens with zero attached hydrogens (tertiary/aromatic N) is 1. The Morgan fingerprint density at radius 1 is 1.55 bits per heavy atom. The lowest BCUT2D eigenvalue weighted by molar-refractivity contribution is -0.143. The van der Waals surface area contributed by atoms with Crippen molar-refractivity contribution < 1.29 is 9.90 Å². The summed E-state index contributed by atoms with van der Waals surface area (Å²) < 4.78 is 0. The van der Waals surface area contributed by atoms with Gasteiger partial charge in [0.05, 0.1) is 0 Å². The van der Waals surface area contributed by atoms with Gasteiger partial charge in [-0.3, -0.25) is 4.79 Å². The fourth-order valence-electron chi connectivity index (χ4n) is 3.38. The summed E-state index contributed by atoms with van der Waals surface area (Å²) >= 11 is 1.44. The number of carbonyl (C=O) groups excluding carboxylic acids is 1. The Morgan fingerprint density at radius 2 is 2.30 bits per heavy atom. The Morgan fingerprint density at radius 3 is 2.80 bits per heavy atom. The minimum Gasteiger partial charge on any atom is -0.375 e. The van der Waals surface area contributed by atoms with E-state index in [1.165, 1.54) is 11.3 Å². The topological polar surface area (TPSA) is 52.6 Å². The number of hydrogen-bond acceptors (Lipinski definition) is 4.